The van der Waals surface area contributed by atoms with Crippen LogP contribution in [0.1, 0.15) is 11.1 Å². The number of nitrogens with one attached hydrogen (secondary N) is 1. The Labute approximate surface area is 124 Å². The summed E-state index contributed by atoms with van der Waals surface area (Å²) in [5.41, 5.74) is 1.96. The van der Waals surface area contributed by atoms with E-state index in [1.165, 1.54) is 6.08 Å². The second kappa shape index (κ2) is 7.80. The van der Waals surface area contributed by atoms with Crippen LogP contribution in [0, 0.1) is 0 Å². The molecule has 2 aromatic rings. The summed E-state index contributed by atoms with van der Waals surface area (Å²) in [5.74, 6) is -0.271. The first-order valence-electron chi connectivity index (χ1n) is 6.81. The first-order chi connectivity index (χ1) is 10.3. The molecule has 0 heterocycles. The van der Waals surface area contributed by atoms with Gasteiger partial charge in [-0.05, 0) is 23.6 Å². The minimum absolute atomic E-state index is 0.271. The lowest BCUT2D eigenvalue weighted by Gasteiger charge is -2.11. The Morgan fingerprint density at radius 2 is 1.62 bits per heavy atom. The second-order valence-corrected chi connectivity index (χ2v) is 4.68. The third kappa shape index (κ3) is 5.07. The Bertz CT molecular complexity index is 606. The normalized spacial score (nSPS) is 12.0. The molecule has 1 N–H and O–H groups in total. The van der Waals surface area contributed by atoms with Gasteiger partial charge in [-0.2, -0.15) is 0 Å². The van der Waals surface area contributed by atoms with Crippen LogP contribution in [-0.2, 0) is 16.0 Å². The monoisotopic (exact) mass is 279 g/mol. The fraction of sp³-hybridized carbons (Fsp3) is 0.111. The van der Waals surface area contributed by atoms with E-state index in [0.717, 1.165) is 17.4 Å². The van der Waals surface area contributed by atoms with E-state index in [2.05, 4.69) is 5.32 Å². The second-order valence-electron chi connectivity index (χ2n) is 4.68. The van der Waals surface area contributed by atoms with Crippen molar-refractivity contribution in [3.8, 4) is 0 Å². The van der Waals surface area contributed by atoms with Crippen molar-refractivity contribution in [1.82, 2.24) is 5.32 Å². The molecule has 0 aromatic heterocycles. The Morgan fingerprint density at radius 3 is 2.24 bits per heavy atom. The van der Waals surface area contributed by atoms with E-state index in [-0.39, 0.29) is 5.91 Å². The van der Waals surface area contributed by atoms with Crippen molar-refractivity contribution in [2.75, 3.05) is 0 Å². The standard InChI is InChI=1S/C18H17NO2/c20-14-17(13-16-9-5-2-6-10-16)19-18(21)12-11-15-7-3-1-4-8-15/h1-12,14,17H,13H2,(H,19,21)/b12-11+/t17-/m0/s1. The summed E-state index contributed by atoms with van der Waals surface area (Å²) in [6, 6.07) is 18.6. The van der Waals surface area contributed by atoms with E-state index in [4.69, 9.17) is 0 Å². The van der Waals surface area contributed by atoms with Crippen LogP contribution in [0.4, 0.5) is 0 Å². The van der Waals surface area contributed by atoms with E-state index < -0.39 is 6.04 Å². The number of carbonyl (C=O) groups excluding carboxylic acids is 2. The highest BCUT2D eigenvalue weighted by molar-refractivity contribution is 5.93. The van der Waals surface area contributed by atoms with Crippen LogP contribution in [0.5, 0.6) is 0 Å². The van der Waals surface area contributed by atoms with Crippen molar-refractivity contribution in [2.45, 2.75) is 12.5 Å². The van der Waals surface area contributed by atoms with Crippen LogP contribution < -0.4 is 5.32 Å². The van der Waals surface area contributed by atoms with Gasteiger partial charge in [-0.15, -0.1) is 0 Å². The van der Waals surface area contributed by atoms with E-state index in [1.54, 1.807) is 6.08 Å². The highest BCUT2D eigenvalue weighted by atomic mass is 16.2. The number of rotatable bonds is 6. The summed E-state index contributed by atoms with van der Waals surface area (Å²) >= 11 is 0. The topological polar surface area (TPSA) is 46.2 Å². The van der Waals surface area contributed by atoms with Gasteiger partial charge in [0, 0.05) is 6.08 Å². The number of hydrogen-bond donors (Lipinski definition) is 1. The van der Waals surface area contributed by atoms with Crippen LogP contribution in [0.15, 0.2) is 66.7 Å². The van der Waals surface area contributed by atoms with Gasteiger partial charge >= 0.3 is 0 Å². The average Bonchev–Trinajstić information content (AvgIpc) is 2.54. The molecule has 0 aliphatic heterocycles. The van der Waals surface area contributed by atoms with Crippen molar-refractivity contribution in [1.29, 1.82) is 0 Å². The number of hydrogen-bond acceptors (Lipinski definition) is 2. The van der Waals surface area contributed by atoms with Crippen LogP contribution in [0.2, 0.25) is 0 Å². The van der Waals surface area contributed by atoms with Gasteiger partial charge in [0.25, 0.3) is 0 Å². The zero-order valence-corrected chi connectivity index (χ0v) is 11.6. The lowest BCUT2D eigenvalue weighted by atomic mass is 10.1. The summed E-state index contributed by atoms with van der Waals surface area (Å²) in [4.78, 5) is 22.9. The van der Waals surface area contributed by atoms with E-state index in [0.29, 0.717) is 6.42 Å². The minimum atomic E-state index is -0.514. The summed E-state index contributed by atoms with van der Waals surface area (Å²) in [6.45, 7) is 0. The van der Waals surface area contributed by atoms with Crippen molar-refractivity contribution in [3.63, 3.8) is 0 Å². The van der Waals surface area contributed by atoms with E-state index in [1.807, 2.05) is 60.7 Å². The summed E-state index contributed by atoms with van der Waals surface area (Å²) in [6.07, 6.45) is 4.42. The molecule has 0 aliphatic carbocycles. The molecule has 2 rings (SSSR count). The van der Waals surface area contributed by atoms with Gasteiger partial charge in [0.15, 0.2) is 0 Å². The molecule has 21 heavy (non-hydrogen) atoms. The maximum Gasteiger partial charge on any atom is 0.244 e. The fourth-order valence-corrected chi connectivity index (χ4v) is 1.97. The Hall–Kier alpha value is -2.68. The third-order valence-corrected chi connectivity index (χ3v) is 3.02. The fourth-order valence-electron chi connectivity index (χ4n) is 1.97. The van der Waals surface area contributed by atoms with Crippen molar-refractivity contribution in [3.05, 3.63) is 77.9 Å². The van der Waals surface area contributed by atoms with E-state index in [9.17, 15) is 9.59 Å². The van der Waals surface area contributed by atoms with Gasteiger partial charge in [0.1, 0.15) is 6.29 Å². The molecular formula is C18H17NO2. The molecular weight excluding hydrogens is 262 g/mol. The predicted octanol–water partition coefficient (Wildman–Crippen LogP) is 2.63. The smallest absolute Gasteiger partial charge is 0.244 e. The molecule has 1 atom stereocenters. The van der Waals surface area contributed by atoms with Crippen LogP contribution in [-0.4, -0.2) is 18.2 Å². The first-order valence-corrected chi connectivity index (χ1v) is 6.81. The van der Waals surface area contributed by atoms with Crippen LogP contribution in [0.3, 0.4) is 0 Å². The lowest BCUT2D eigenvalue weighted by Crippen LogP contribution is -2.36. The molecule has 3 nitrogen and oxygen atoms in total. The number of carbonyl (C=O) groups is 2. The van der Waals surface area contributed by atoms with Crippen molar-refractivity contribution >= 4 is 18.3 Å². The van der Waals surface area contributed by atoms with Crippen molar-refractivity contribution in [2.24, 2.45) is 0 Å². The quantitative estimate of drug-likeness (QED) is 0.652. The summed E-state index contributed by atoms with van der Waals surface area (Å²) in [7, 11) is 0. The summed E-state index contributed by atoms with van der Waals surface area (Å²) < 4.78 is 0. The molecule has 0 saturated heterocycles. The Kier molecular flexibility index (Phi) is 5.47. The Morgan fingerprint density at radius 1 is 1.00 bits per heavy atom. The molecule has 0 bridgehead atoms. The van der Waals surface area contributed by atoms with Gasteiger partial charge in [-0.3, -0.25) is 4.79 Å². The van der Waals surface area contributed by atoms with Gasteiger partial charge in [-0.1, -0.05) is 60.7 Å². The zero-order chi connectivity index (χ0) is 14.9. The molecule has 2 aromatic carbocycles. The number of amides is 1. The Balaban J connectivity index is 1.91. The average molecular weight is 279 g/mol. The number of benzene rings is 2. The first kappa shape index (κ1) is 14.7. The molecule has 3 heteroatoms. The highest BCUT2D eigenvalue weighted by Gasteiger charge is 2.09. The predicted molar refractivity (Wildman–Crippen MR) is 83.6 cm³/mol. The number of aldehydes is 1. The molecule has 0 unspecified atom stereocenters. The zero-order valence-electron chi connectivity index (χ0n) is 11.6. The molecule has 0 aliphatic rings. The molecule has 0 radical (unpaired) electrons. The van der Waals surface area contributed by atoms with E-state index >= 15 is 0 Å². The highest BCUT2D eigenvalue weighted by Crippen LogP contribution is 2.03. The molecule has 1 amide bonds. The van der Waals surface area contributed by atoms with Gasteiger partial charge in [0.05, 0.1) is 6.04 Å². The molecule has 0 spiro atoms. The largest absolute Gasteiger partial charge is 0.343 e. The SMILES string of the molecule is O=C[C@H](Cc1ccccc1)NC(=O)/C=C/c1ccccc1. The van der Waals surface area contributed by atoms with Crippen LogP contribution in [0.25, 0.3) is 6.08 Å². The molecule has 106 valence electrons. The third-order valence-electron chi connectivity index (χ3n) is 3.02. The van der Waals surface area contributed by atoms with Gasteiger partial charge in [0.2, 0.25) is 5.91 Å². The molecule has 0 fully saturated rings. The van der Waals surface area contributed by atoms with Crippen molar-refractivity contribution < 1.29 is 9.59 Å². The summed E-state index contributed by atoms with van der Waals surface area (Å²) in [5, 5.41) is 2.69. The van der Waals surface area contributed by atoms with Gasteiger partial charge < -0.3 is 10.1 Å². The minimum Gasteiger partial charge on any atom is -0.343 e. The van der Waals surface area contributed by atoms with Crippen LogP contribution >= 0.6 is 0 Å². The maximum atomic E-state index is 11.8. The maximum absolute atomic E-state index is 11.8. The lowest BCUT2D eigenvalue weighted by molar-refractivity contribution is -0.120. The van der Waals surface area contributed by atoms with Gasteiger partial charge in [-0.25, -0.2) is 0 Å². The molecule has 0 saturated carbocycles.